The van der Waals surface area contributed by atoms with Gasteiger partial charge in [-0.05, 0) is 37.3 Å². The summed E-state index contributed by atoms with van der Waals surface area (Å²) < 4.78 is 5.66. The Kier molecular flexibility index (Phi) is 7.55. The van der Waals surface area contributed by atoms with Crippen LogP contribution in [0.25, 0.3) is 0 Å². The Labute approximate surface area is 121 Å². The summed E-state index contributed by atoms with van der Waals surface area (Å²) in [5.74, 6) is 1.52. The zero-order valence-corrected chi connectivity index (χ0v) is 12.7. The van der Waals surface area contributed by atoms with E-state index in [0.717, 1.165) is 30.7 Å². The highest BCUT2D eigenvalue weighted by Crippen LogP contribution is 2.15. The van der Waals surface area contributed by atoms with E-state index in [4.69, 9.17) is 4.74 Å². The number of carbonyl (C=O) groups excluding carboxylic acids is 1. The molecule has 0 bridgehead atoms. The minimum absolute atomic E-state index is 0.0958. The van der Waals surface area contributed by atoms with Crippen LogP contribution < -0.4 is 15.4 Å². The standard InChI is InChI=1S/C16H26N2O2/c1-13(2)9-11-18-16(19)17-10-6-12-20-15-8-5-4-7-14(15)3/h4-5,7-8,13H,6,9-12H2,1-3H3,(H2,17,18,19). The molecule has 0 spiro atoms. The van der Waals surface area contributed by atoms with Gasteiger partial charge in [-0.15, -0.1) is 0 Å². The Balaban J connectivity index is 2.04. The Bertz CT molecular complexity index is 405. The molecule has 2 amide bonds. The van der Waals surface area contributed by atoms with Gasteiger partial charge in [0.05, 0.1) is 6.61 Å². The maximum atomic E-state index is 11.4. The van der Waals surface area contributed by atoms with Crippen molar-refractivity contribution in [3.05, 3.63) is 29.8 Å². The first-order valence-corrected chi connectivity index (χ1v) is 7.29. The highest BCUT2D eigenvalue weighted by atomic mass is 16.5. The molecule has 4 heteroatoms. The molecule has 0 aliphatic rings. The number of hydrogen-bond acceptors (Lipinski definition) is 2. The van der Waals surface area contributed by atoms with Crippen LogP contribution in [0.3, 0.4) is 0 Å². The van der Waals surface area contributed by atoms with Crippen molar-refractivity contribution in [1.29, 1.82) is 0 Å². The summed E-state index contributed by atoms with van der Waals surface area (Å²) in [6.45, 7) is 8.26. The largest absolute Gasteiger partial charge is 0.493 e. The SMILES string of the molecule is Cc1ccccc1OCCCNC(=O)NCCC(C)C. The third kappa shape index (κ3) is 7.02. The van der Waals surface area contributed by atoms with E-state index < -0.39 is 0 Å². The van der Waals surface area contributed by atoms with E-state index >= 15 is 0 Å². The highest BCUT2D eigenvalue weighted by molar-refractivity contribution is 5.73. The zero-order chi connectivity index (χ0) is 14.8. The van der Waals surface area contributed by atoms with E-state index in [1.807, 2.05) is 31.2 Å². The van der Waals surface area contributed by atoms with E-state index in [0.29, 0.717) is 19.1 Å². The van der Waals surface area contributed by atoms with Gasteiger partial charge in [0.15, 0.2) is 0 Å². The average molecular weight is 278 g/mol. The van der Waals surface area contributed by atoms with Crippen molar-refractivity contribution < 1.29 is 9.53 Å². The lowest BCUT2D eigenvalue weighted by atomic mass is 10.1. The van der Waals surface area contributed by atoms with Gasteiger partial charge in [0.25, 0.3) is 0 Å². The van der Waals surface area contributed by atoms with Crippen LogP contribution in [-0.2, 0) is 0 Å². The van der Waals surface area contributed by atoms with Gasteiger partial charge in [0.2, 0.25) is 0 Å². The number of amides is 2. The minimum Gasteiger partial charge on any atom is -0.493 e. The maximum Gasteiger partial charge on any atom is 0.314 e. The molecule has 20 heavy (non-hydrogen) atoms. The van der Waals surface area contributed by atoms with Gasteiger partial charge in [0.1, 0.15) is 5.75 Å². The van der Waals surface area contributed by atoms with Crippen molar-refractivity contribution in [2.24, 2.45) is 5.92 Å². The molecule has 0 heterocycles. The molecule has 0 aromatic heterocycles. The third-order valence-electron chi connectivity index (χ3n) is 2.97. The number of ether oxygens (including phenoxy) is 1. The minimum atomic E-state index is -0.0958. The van der Waals surface area contributed by atoms with E-state index in [9.17, 15) is 4.79 Å². The maximum absolute atomic E-state index is 11.4. The fourth-order valence-corrected chi connectivity index (χ4v) is 1.71. The lowest BCUT2D eigenvalue weighted by Gasteiger charge is -2.10. The van der Waals surface area contributed by atoms with Gasteiger partial charge in [-0.3, -0.25) is 0 Å². The predicted molar refractivity (Wildman–Crippen MR) is 82.1 cm³/mol. The third-order valence-corrected chi connectivity index (χ3v) is 2.97. The fraction of sp³-hybridized carbons (Fsp3) is 0.562. The molecule has 0 saturated heterocycles. The number of carbonyl (C=O) groups is 1. The second kappa shape index (κ2) is 9.23. The van der Waals surface area contributed by atoms with Crippen LogP contribution in [0.2, 0.25) is 0 Å². The van der Waals surface area contributed by atoms with Crippen LogP contribution in [0.15, 0.2) is 24.3 Å². The van der Waals surface area contributed by atoms with E-state index in [2.05, 4.69) is 24.5 Å². The van der Waals surface area contributed by atoms with Crippen molar-refractivity contribution in [3.63, 3.8) is 0 Å². The lowest BCUT2D eigenvalue weighted by Crippen LogP contribution is -2.37. The molecular formula is C16H26N2O2. The first kappa shape index (κ1) is 16.3. The lowest BCUT2D eigenvalue weighted by molar-refractivity contribution is 0.238. The number of nitrogens with one attached hydrogen (secondary N) is 2. The molecule has 0 saturated carbocycles. The molecule has 4 nitrogen and oxygen atoms in total. The molecule has 112 valence electrons. The number of aryl methyl sites for hydroxylation is 1. The monoisotopic (exact) mass is 278 g/mol. The van der Waals surface area contributed by atoms with Crippen molar-refractivity contribution in [1.82, 2.24) is 10.6 Å². The Hall–Kier alpha value is -1.71. The Morgan fingerprint density at radius 3 is 2.60 bits per heavy atom. The molecular weight excluding hydrogens is 252 g/mol. The molecule has 0 radical (unpaired) electrons. The number of urea groups is 1. The molecule has 1 rings (SSSR count). The van der Waals surface area contributed by atoms with Crippen LogP contribution >= 0.6 is 0 Å². The van der Waals surface area contributed by atoms with Crippen molar-refractivity contribution >= 4 is 6.03 Å². The van der Waals surface area contributed by atoms with Crippen LogP contribution in [-0.4, -0.2) is 25.7 Å². The van der Waals surface area contributed by atoms with E-state index in [1.54, 1.807) is 0 Å². The van der Waals surface area contributed by atoms with Crippen LogP contribution in [0.1, 0.15) is 32.3 Å². The fourth-order valence-electron chi connectivity index (χ4n) is 1.71. The molecule has 1 aromatic rings. The van der Waals surface area contributed by atoms with E-state index in [1.165, 1.54) is 0 Å². The summed E-state index contributed by atoms with van der Waals surface area (Å²) in [5, 5.41) is 5.67. The van der Waals surface area contributed by atoms with Crippen LogP contribution in [0.5, 0.6) is 5.75 Å². The average Bonchev–Trinajstić information content (AvgIpc) is 2.40. The zero-order valence-electron chi connectivity index (χ0n) is 12.7. The summed E-state index contributed by atoms with van der Waals surface area (Å²) >= 11 is 0. The van der Waals surface area contributed by atoms with Gasteiger partial charge < -0.3 is 15.4 Å². The molecule has 0 aliphatic heterocycles. The van der Waals surface area contributed by atoms with Crippen molar-refractivity contribution in [2.75, 3.05) is 19.7 Å². The van der Waals surface area contributed by atoms with Crippen LogP contribution in [0, 0.1) is 12.8 Å². The quantitative estimate of drug-likeness (QED) is 0.718. The van der Waals surface area contributed by atoms with Gasteiger partial charge in [-0.2, -0.15) is 0 Å². The topological polar surface area (TPSA) is 50.4 Å². The van der Waals surface area contributed by atoms with Gasteiger partial charge >= 0.3 is 6.03 Å². The second-order valence-corrected chi connectivity index (χ2v) is 5.33. The number of para-hydroxylation sites is 1. The number of hydrogen-bond donors (Lipinski definition) is 2. The predicted octanol–water partition coefficient (Wildman–Crippen LogP) is 3.11. The smallest absolute Gasteiger partial charge is 0.314 e. The first-order valence-electron chi connectivity index (χ1n) is 7.29. The first-order chi connectivity index (χ1) is 9.59. The summed E-state index contributed by atoms with van der Waals surface area (Å²) in [6, 6.07) is 7.84. The van der Waals surface area contributed by atoms with Gasteiger partial charge in [0, 0.05) is 13.1 Å². The second-order valence-electron chi connectivity index (χ2n) is 5.33. The Morgan fingerprint density at radius 1 is 1.20 bits per heavy atom. The molecule has 0 aliphatic carbocycles. The molecule has 1 aromatic carbocycles. The molecule has 0 fully saturated rings. The summed E-state index contributed by atoms with van der Waals surface area (Å²) in [6.07, 6.45) is 1.80. The number of benzene rings is 1. The normalized spacial score (nSPS) is 10.4. The summed E-state index contributed by atoms with van der Waals surface area (Å²) in [5.41, 5.74) is 1.13. The van der Waals surface area contributed by atoms with Crippen LogP contribution in [0.4, 0.5) is 4.79 Å². The Morgan fingerprint density at radius 2 is 1.90 bits per heavy atom. The molecule has 0 atom stereocenters. The molecule has 2 N–H and O–H groups in total. The highest BCUT2D eigenvalue weighted by Gasteiger charge is 2.01. The van der Waals surface area contributed by atoms with Crippen molar-refractivity contribution in [2.45, 2.75) is 33.6 Å². The summed E-state index contributed by atoms with van der Waals surface area (Å²) in [4.78, 5) is 11.4. The molecule has 0 unspecified atom stereocenters. The van der Waals surface area contributed by atoms with Gasteiger partial charge in [-0.25, -0.2) is 4.79 Å². The van der Waals surface area contributed by atoms with Gasteiger partial charge in [-0.1, -0.05) is 32.0 Å². The number of rotatable bonds is 8. The summed E-state index contributed by atoms with van der Waals surface area (Å²) in [7, 11) is 0. The van der Waals surface area contributed by atoms with E-state index in [-0.39, 0.29) is 6.03 Å². The van der Waals surface area contributed by atoms with Crippen molar-refractivity contribution in [3.8, 4) is 5.75 Å².